The maximum absolute atomic E-state index is 10.7. The first-order chi connectivity index (χ1) is 16.3. The number of halogens is 1. The molecule has 9 nitrogen and oxygen atoms in total. The van der Waals surface area contributed by atoms with Crippen molar-refractivity contribution < 1.29 is 39.5 Å². The second-order valence-corrected chi connectivity index (χ2v) is 8.71. The quantitative estimate of drug-likeness (QED) is 0.304. The van der Waals surface area contributed by atoms with Crippen LogP contribution >= 0.6 is 11.6 Å². The molecule has 5 atom stereocenters. The van der Waals surface area contributed by atoms with Crippen molar-refractivity contribution in [2.75, 3.05) is 26.4 Å². The van der Waals surface area contributed by atoms with Gasteiger partial charge in [0.1, 0.15) is 42.9 Å². The number of nitrogens with zero attached hydrogens (tertiary/aromatic N) is 1. The van der Waals surface area contributed by atoms with Crippen LogP contribution < -0.4 is 4.74 Å². The molecule has 10 heteroatoms. The largest absolute Gasteiger partial charge is 0.488 e. The summed E-state index contributed by atoms with van der Waals surface area (Å²) in [5, 5.41) is 45.5. The van der Waals surface area contributed by atoms with Gasteiger partial charge in [0.05, 0.1) is 19.4 Å². The Morgan fingerprint density at radius 3 is 2.62 bits per heavy atom. The number of benzene rings is 2. The predicted molar refractivity (Wildman–Crippen MR) is 123 cm³/mol. The Morgan fingerprint density at radius 1 is 1.15 bits per heavy atom. The van der Waals surface area contributed by atoms with Gasteiger partial charge in [-0.3, -0.25) is 0 Å². The highest BCUT2D eigenvalue weighted by molar-refractivity contribution is 6.31. The van der Waals surface area contributed by atoms with E-state index >= 15 is 0 Å². The SMILES string of the molecule is CCO/N=C/COc1ccc(Cc2cc([C@@]34OC[C@](CO)(O3)[C@H](O)[C@H](O)[C@H]4O)ccc2Cl)cc1. The summed E-state index contributed by atoms with van der Waals surface area (Å²) < 4.78 is 17.3. The second kappa shape index (κ2) is 10.2. The van der Waals surface area contributed by atoms with Crippen LogP contribution in [-0.4, -0.2) is 77.0 Å². The van der Waals surface area contributed by atoms with Gasteiger partial charge in [0.2, 0.25) is 5.79 Å². The molecule has 2 saturated heterocycles. The molecule has 2 aliphatic heterocycles. The van der Waals surface area contributed by atoms with Crippen LogP contribution in [-0.2, 0) is 26.5 Å². The lowest BCUT2D eigenvalue weighted by Crippen LogP contribution is -2.65. The molecule has 0 saturated carbocycles. The third-order valence-electron chi connectivity index (χ3n) is 6.10. The number of rotatable bonds is 9. The number of aliphatic hydroxyl groups is 4. The van der Waals surface area contributed by atoms with Gasteiger partial charge in [-0.25, -0.2) is 0 Å². The van der Waals surface area contributed by atoms with Crippen molar-refractivity contribution in [2.45, 2.75) is 43.0 Å². The summed E-state index contributed by atoms with van der Waals surface area (Å²) in [6.07, 6.45) is -2.62. The normalized spacial score (nSPS) is 30.6. The van der Waals surface area contributed by atoms with Gasteiger partial charge in [-0.05, 0) is 48.7 Å². The van der Waals surface area contributed by atoms with Gasteiger partial charge in [-0.2, -0.15) is 0 Å². The number of hydrogen-bond acceptors (Lipinski definition) is 9. The molecule has 0 spiro atoms. The van der Waals surface area contributed by atoms with E-state index in [4.69, 9.17) is 30.6 Å². The van der Waals surface area contributed by atoms with Crippen LogP contribution in [0.4, 0.5) is 0 Å². The monoisotopic (exact) mass is 493 g/mol. The Kier molecular flexibility index (Phi) is 7.44. The minimum absolute atomic E-state index is 0.187. The van der Waals surface area contributed by atoms with E-state index in [0.29, 0.717) is 29.4 Å². The summed E-state index contributed by atoms with van der Waals surface area (Å²) in [7, 11) is 0. The number of fused-ring (bicyclic) bond motifs is 2. The predicted octanol–water partition coefficient (Wildman–Crippen LogP) is 1.36. The third kappa shape index (κ3) is 4.52. The van der Waals surface area contributed by atoms with Gasteiger partial charge in [0.25, 0.3) is 0 Å². The lowest BCUT2D eigenvalue weighted by Gasteiger charge is -2.46. The topological polar surface area (TPSA) is 130 Å². The molecule has 34 heavy (non-hydrogen) atoms. The first-order valence-electron chi connectivity index (χ1n) is 11.0. The maximum atomic E-state index is 10.7. The number of hydrogen-bond donors (Lipinski definition) is 4. The van der Waals surface area contributed by atoms with Gasteiger partial charge < -0.3 is 39.5 Å². The summed E-state index contributed by atoms with van der Waals surface area (Å²) in [4.78, 5) is 4.87. The molecule has 2 fully saturated rings. The lowest BCUT2D eigenvalue weighted by molar-refractivity contribution is -0.329. The first kappa shape index (κ1) is 24.9. The zero-order valence-corrected chi connectivity index (χ0v) is 19.4. The average molecular weight is 494 g/mol. The van der Waals surface area contributed by atoms with E-state index in [1.807, 2.05) is 31.2 Å². The molecule has 0 radical (unpaired) electrons. The Labute approximate surface area is 202 Å². The fourth-order valence-corrected chi connectivity index (χ4v) is 4.40. The van der Waals surface area contributed by atoms with Crippen LogP contribution in [0.5, 0.6) is 5.75 Å². The fourth-order valence-electron chi connectivity index (χ4n) is 4.22. The molecule has 0 unspecified atom stereocenters. The minimum Gasteiger partial charge on any atom is -0.488 e. The van der Waals surface area contributed by atoms with Crippen LogP contribution in [0.1, 0.15) is 23.6 Å². The van der Waals surface area contributed by atoms with Crippen molar-refractivity contribution in [1.29, 1.82) is 0 Å². The summed E-state index contributed by atoms with van der Waals surface area (Å²) in [5.41, 5.74) is 0.605. The molecule has 0 aliphatic carbocycles. The van der Waals surface area contributed by atoms with Crippen molar-refractivity contribution in [1.82, 2.24) is 0 Å². The van der Waals surface area contributed by atoms with E-state index in [1.165, 1.54) is 6.21 Å². The smallest absolute Gasteiger partial charge is 0.225 e. The Bertz CT molecular complexity index is 1020. The van der Waals surface area contributed by atoms with Crippen molar-refractivity contribution in [3.05, 3.63) is 64.2 Å². The highest BCUT2D eigenvalue weighted by atomic mass is 35.5. The summed E-state index contributed by atoms with van der Waals surface area (Å²) in [6.45, 7) is 1.87. The van der Waals surface area contributed by atoms with Crippen molar-refractivity contribution in [2.24, 2.45) is 5.16 Å². The number of aliphatic hydroxyl groups excluding tert-OH is 4. The molecule has 4 N–H and O–H groups in total. The molecule has 2 aliphatic rings. The van der Waals surface area contributed by atoms with Gasteiger partial charge >= 0.3 is 0 Å². The van der Waals surface area contributed by atoms with Crippen molar-refractivity contribution >= 4 is 17.8 Å². The van der Waals surface area contributed by atoms with Crippen LogP contribution in [0, 0.1) is 0 Å². The molecular weight excluding hydrogens is 466 g/mol. The average Bonchev–Trinajstić information content (AvgIpc) is 3.24. The van der Waals surface area contributed by atoms with Gasteiger partial charge in [0, 0.05) is 10.6 Å². The van der Waals surface area contributed by atoms with E-state index in [9.17, 15) is 20.4 Å². The lowest BCUT2D eigenvalue weighted by atomic mass is 9.83. The Hall–Kier alpha value is -2.24. The molecule has 2 heterocycles. The molecule has 2 aromatic carbocycles. The van der Waals surface area contributed by atoms with Crippen molar-refractivity contribution in [3.63, 3.8) is 0 Å². The zero-order chi connectivity index (χ0) is 24.3. The molecule has 0 aromatic heterocycles. The first-order valence-corrected chi connectivity index (χ1v) is 11.4. The van der Waals surface area contributed by atoms with Crippen LogP contribution in [0.15, 0.2) is 47.6 Å². The third-order valence-corrected chi connectivity index (χ3v) is 6.47. The van der Waals surface area contributed by atoms with Crippen LogP contribution in [0.25, 0.3) is 0 Å². The van der Waals surface area contributed by atoms with E-state index in [1.54, 1.807) is 18.2 Å². The summed E-state index contributed by atoms with van der Waals surface area (Å²) in [6, 6.07) is 12.5. The van der Waals surface area contributed by atoms with E-state index < -0.39 is 36.3 Å². The molecule has 184 valence electrons. The van der Waals surface area contributed by atoms with Gasteiger partial charge in [-0.15, -0.1) is 0 Å². The highest BCUT2D eigenvalue weighted by Gasteiger charge is 2.67. The maximum Gasteiger partial charge on any atom is 0.225 e. The molecule has 2 bridgehead atoms. The molecule has 2 aromatic rings. The summed E-state index contributed by atoms with van der Waals surface area (Å²) in [5.74, 6) is -1.06. The zero-order valence-electron chi connectivity index (χ0n) is 18.6. The van der Waals surface area contributed by atoms with E-state index in [-0.39, 0.29) is 13.2 Å². The Morgan fingerprint density at radius 2 is 1.91 bits per heavy atom. The van der Waals surface area contributed by atoms with Crippen LogP contribution in [0.3, 0.4) is 0 Å². The molecule has 4 rings (SSSR count). The van der Waals surface area contributed by atoms with E-state index in [0.717, 1.165) is 11.1 Å². The van der Waals surface area contributed by atoms with Gasteiger partial charge in [-0.1, -0.05) is 35.0 Å². The number of ether oxygens (including phenoxy) is 3. The molecular formula is C24H28ClNO8. The van der Waals surface area contributed by atoms with Gasteiger partial charge in [0.15, 0.2) is 0 Å². The van der Waals surface area contributed by atoms with Crippen molar-refractivity contribution in [3.8, 4) is 5.75 Å². The fraction of sp³-hybridized carbons (Fsp3) is 0.458. The second-order valence-electron chi connectivity index (χ2n) is 8.31. The van der Waals surface area contributed by atoms with Crippen LogP contribution in [0.2, 0.25) is 5.02 Å². The minimum atomic E-state index is -1.73. The highest BCUT2D eigenvalue weighted by Crippen LogP contribution is 2.49. The summed E-state index contributed by atoms with van der Waals surface area (Å²) >= 11 is 6.44. The molecule has 0 amide bonds. The Balaban J connectivity index is 1.52. The van der Waals surface area contributed by atoms with E-state index in [2.05, 4.69) is 5.16 Å². The number of oxime groups is 1. The standard InChI is InChI=1S/C24H28ClNO8/c1-2-33-26-9-10-31-18-6-3-15(4-7-18)11-16-12-17(5-8-19(16)25)24-22(30)20(28)21(29)23(13-27,34-24)14-32-24/h3-9,12,20-22,27-30H,2,10-11,13-14H2,1H3/b26-9+/t20-,21+,22+,23-,24+/m0/s1.